The highest BCUT2D eigenvalue weighted by Crippen LogP contribution is 2.32. The van der Waals surface area contributed by atoms with Crippen LogP contribution >= 0.6 is 0 Å². The summed E-state index contributed by atoms with van der Waals surface area (Å²) < 4.78 is 0. The van der Waals surface area contributed by atoms with E-state index in [1.165, 1.54) is 0 Å². The Kier molecular flexibility index (Phi) is 4.59. The topological polar surface area (TPSA) is 43.1 Å². The van der Waals surface area contributed by atoms with Crippen molar-refractivity contribution >= 4 is 17.0 Å². The van der Waals surface area contributed by atoms with E-state index < -0.39 is 0 Å². The van der Waals surface area contributed by atoms with Crippen molar-refractivity contribution in [2.45, 2.75) is 26.7 Å². The maximum atomic E-state index is 12.3. The predicted octanol–water partition coefficient (Wildman–Crippen LogP) is 4.25. The Labute approximate surface area is 126 Å². The van der Waals surface area contributed by atoms with E-state index in [1.54, 1.807) is 6.08 Å². The van der Waals surface area contributed by atoms with Crippen LogP contribution in [-0.2, 0) is 11.2 Å². The molecule has 2 heteroatoms. The van der Waals surface area contributed by atoms with Gasteiger partial charge in [0.15, 0.2) is 5.78 Å². The molecule has 0 atom stereocenters. The molecule has 1 aromatic carbocycles. The maximum Gasteiger partial charge on any atom is 0.186 e. The zero-order chi connectivity index (χ0) is 15.4. The van der Waals surface area contributed by atoms with E-state index >= 15 is 0 Å². The van der Waals surface area contributed by atoms with Gasteiger partial charge < -0.3 is 5.73 Å². The van der Waals surface area contributed by atoms with E-state index in [0.29, 0.717) is 12.0 Å². The van der Waals surface area contributed by atoms with E-state index in [-0.39, 0.29) is 5.78 Å². The molecule has 0 unspecified atom stereocenters. The Morgan fingerprint density at radius 2 is 2.14 bits per heavy atom. The molecule has 0 saturated heterocycles. The highest BCUT2D eigenvalue weighted by molar-refractivity contribution is 6.13. The van der Waals surface area contributed by atoms with Crippen molar-refractivity contribution in [3.05, 3.63) is 71.4 Å². The molecule has 21 heavy (non-hydrogen) atoms. The molecular weight excluding hydrogens is 258 g/mol. The number of hydrogen-bond acceptors (Lipinski definition) is 2. The first kappa shape index (κ1) is 15.0. The van der Waals surface area contributed by atoms with E-state index in [4.69, 9.17) is 5.73 Å². The Bertz CT molecular complexity index is 675. The SMILES string of the molecule is C=C1CC(c2ccc(N)c(CC)c2)=CC(=O)/C1=C/C=C\C. The maximum absolute atomic E-state index is 12.3. The molecule has 0 bridgehead atoms. The fourth-order valence-electron chi connectivity index (χ4n) is 2.48. The Hall–Kier alpha value is -2.35. The number of anilines is 1. The quantitative estimate of drug-likeness (QED) is 0.664. The summed E-state index contributed by atoms with van der Waals surface area (Å²) in [5, 5.41) is 0. The van der Waals surface area contributed by atoms with Crippen molar-refractivity contribution in [1.29, 1.82) is 0 Å². The highest BCUT2D eigenvalue weighted by Gasteiger charge is 2.19. The second-order valence-electron chi connectivity index (χ2n) is 5.19. The summed E-state index contributed by atoms with van der Waals surface area (Å²) in [4.78, 5) is 12.3. The van der Waals surface area contributed by atoms with Crippen LogP contribution in [0.4, 0.5) is 5.69 Å². The highest BCUT2D eigenvalue weighted by atomic mass is 16.1. The monoisotopic (exact) mass is 279 g/mol. The minimum Gasteiger partial charge on any atom is -0.399 e. The lowest BCUT2D eigenvalue weighted by molar-refractivity contribution is -0.111. The van der Waals surface area contributed by atoms with Crippen molar-refractivity contribution in [3.8, 4) is 0 Å². The van der Waals surface area contributed by atoms with Gasteiger partial charge in [0.1, 0.15) is 0 Å². The summed E-state index contributed by atoms with van der Waals surface area (Å²) in [7, 11) is 0. The summed E-state index contributed by atoms with van der Waals surface area (Å²) in [6.45, 7) is 8.05. The molecule has 2 rings (SSSR count). The van der Waals surface area contributed by atoms with Gasteiger partial charge in [-0.25, -0.2) is 0 Å². The van der Waals surface area contributed by atoms with E-state index in [2.05, 4.69) is 19.6 Å². The molecule has 0 amide bonds. The molecule has 0 spiro atoms. The summed E-state index contributed by atoms with van der Waals surface area (Å²) in [5.41, 5.74) is 11.5. The molecule has 1 aliphatic rings. The minimum absolute atomic E-state index is 0.0224. The molecule has 0 saturated carbocycles. The van der Waals surface area contributed by atoms with Crippen molar-refractivity contribution in [2.75, 3.05) is 5.73 Å². The standard InChI is InChI=1S/C19H21NO/c1-4-6-7-17-13(3)10-16(12-19(17)21)15-8-9-18(20)14(5-2)11-15/h4,6-9,11-12H,3,5,10,20H2,1-2H3/b6-4-,17-7+. The number of carbonyl (C=O) groups excluding carboxylic acids is 1. The van der Waals surface area contributed by atoms with Crippen LogP contribution in [0, 0.1) is 0 Å². The molecular formula is C19H21NO. The zero-order valence-electron chi connectivity index (χ0n) is 12.6. The van der Waals surface area contributed by atoms with Gasteiger partial charge in [-0.2, -0.15) is 0 Å². The van der Waals surface area contributed by atoms with Crippen molar-refractivity contribution < 1.29 is 4.79 Å². The summed E-state index contributed by atoms with van der Waals surface area (Å²) in [5.74, 6) is 0.0224. The number of rotatable bonds is 3. The van der Waals surface area contributed by atoms with E-state index in [9.17, 15) is 4.79 Å². The van der Waals surface area contributed by atoms with Crippen LogP contribution in [0.25, 0.3) is 5.57 Å². The average Bonchev–Trinajstić information content (AvgIpc) is 2.47. The van der Waals surface area contributed by atoms with Crippen molar-refractivity contribution in [2.24, 2.45) is 0 Å². The summed E-state index contributed by atoms with van der Waals surface area (Å²) in [6.07, 6.45) is 8.90. The van der Waals surface area contributed by atoms with Crippen LogP contribution in [0.2, 0.25) is 0 Å². The Morgan fingerprint density at radius 1 is 1.38 bits per heavy atom. The molecule has 108 valence electrons. The third-order valence-electron chi connectivity index (χ3n) is 3.71. The number of aryl methyl sites for hydroxylation is 1. The van der Waals surface area contributed by atoms with Crippen LogP contribution in [0.3, 0.4) is 0 Å². The smallest absolute Gasteiger partial charge is 0.186 e. The largest absolute Gasteiger partial charge is 0.399 e. The number of ketones is 1. The third-order valence-corrected chi connectivity index (χ3v) is 3.71. The molecule has 0 aromatic heterocycles. The molecule has 1 aliphatic carbocycles. The Morgan fingerprint density at radius 3 is 2.76 bits per heavy atom. The first-order valence-electron chi connectivity index (χ1n) is 7.21. The second kappa shape index (κ2) is 6.40. The third kappa shape index (κ3) is 3.22. The van der Waals surface area contributed by atoms with Crippen molar-refractivity contribution in [3.63, 3.8) is 0 Å². The number of nitrogens with two attached hydrogens (primary N) is 1. The summed E-state index contributed by atoms with van der Waals surface area (Å²) >= 11 is 0. The van der Waals surface area contributed by atoms with Crippen LogP contribution in [0.1, 0.15) is 31.4 Å². The molecule has 0 fully saturated rings. The fourth-order valence-corrected chi connectivity index (χ4v) is 2.48. The molecule has 1 aromatic rings. The molecule has 0 heterocycles. The predicted molar refractivity (Wildman–Crippen MR) is 89.9 cm³/mol. The van der Waals surface area contributed by atoms with Gasteiger partial charge >= 0.3 is 0 Å². The zero-order valence-corrected chi connectivity index (χ0v) is 12.6. The molecule has 0 radical (unpaired) electrons. The Balaban J connectivity index is 2.39. The number of nitrogen functional groups attached to an aromatic ring is 1. The van der Waals surface area contributed by atoms with Gasteiger partial charge in [-0.3, -0.25) is 4.79 Å². The van der Waals surface area contributed by atoms with Crippen LogP contribution < -0.4 is 5.73 Å². The second-order valence-corrected chi connectivity index (χ2v) is 5.19. The molecule has 0 aliphatic heterocycles. The lowest BCUT2D eigenvalue weighted by Gasteiger charge is -2.18. The number of carbonyl (C=O) groups is 1. The lowest BCUT2D eigenvalue weighted by atomic mass is 9.85. The lowest BCUT2D eigenvalue weighted by Crippen LogP contribution is -2.09. The van der Waals surface area contributed by atoms with Gasteiger partial charge in [0.2, 0.25) is 0 Å². The minimum atomic E-state index is 0.0224. The van der Waals surface area contributed by atoms with Crippen LogP contribution in [0.15, 0.2) is 60.2 Å². The normalized spacial score (nSPS) is 17.6. The number of allylic oxidation sites excluding steroid dienone is 7. The number of benzene rings is 1. The molecule has 2 nitrogen and oxygen atoms in total. The molecule has 2 N–H and O–H groups in total. The average molecular weight is 279 g/mol. The fraction of sp³-hybridized carbons (Fsp3) is 0.211. The van der Waals surface area contributed by atoms with Gasteiger partial charge in [-0.1, -0.05) is 37.8 Å². The first-order valence-corrected chi connectivity index (χ1v) is 7.21. The van der Waals surface area contributed by atoms with Crippen LogP contribution in [0.5, 0.6) is 0 Å². The van der Waals surface area contributed by atoms with Crippen LogP contribution in [-0.4, -0.2) is 5.78 Å². The van der Waals surface area contributed by atoms with Crippen molar-refractivity contribution in [1.82, 2.24) is 0 Å². The first-order chi connectivity index (χ1) is 10.1. The summed E-state index contributed by atoms with van der Waals surface area (Å²) in [6, 6.07) is 5.96. The van der Waals surface area contributed by atoms with Gasteiger partial charge in [-0.05, 0) is 60.2 Å². The van der Waals surface area contributed by atoms with Gasteiger partial charge in [-0.15, -0.1) is 0 Å². The number of hydrogen-bond donors (Lipinski definition) is 1. The van der Waals surface area contributed by atoms with E-state index in [1.807, 2.05) is 37.3 Å². The van der Waals surface area contributed by atoms with Gasteiger partial charge in [0.05, 0.1) is 0 Å². The van der Waals surface area contributed by atoms with Gasteiger partial charge in [0, 0.05) is 11.3 Å². The van der Waals surface area contributed by atoms with Gasteiger partial charge in [0.25, 0.3) is 0 Å². The van der Waals surface area contributed by atoms with E-state index in [0.717, 1.165) is 34.4 Å².